The number of benzene rings is 2. The van der Waals surface area contributed by atoms with Gasteiger partial charge in [-0.2, -0.15) is 0 Å². The highest BCUT2D eigenvalue weighted by molar-refractivity contribution is 6.31. The molecule has 0 unspecified atom stereocenters. The largest absolute Gasteiger partial charge is 0.480 e. The molecule has 2 aromatic carbocycles. The average Bonchev–Trinajstić information content (AvgIpc) is 2.68. The molecule has 0 aromatic heterocycles. The molecule has 2 aromatic rings. The van der Waals surface area contributed by atoms with Crippen LogP contribution in [0.15, 0.2) is 48.5 Å². The Bertz CT molecular complexity index is 843. The van der Waals surface area contributed by atoms with Gasteiger partial charge in [-0.25, -0.2) is 9.59 Å². The molecule has 0 bridgehead atoms. The van der Waals surface area contributed by atoms with E-state index in [2.05, 4.69) is 19.0 Å². The van der Waals surface area contributed by atoms with Crippen LogP contribution < -0.4 is 11.1 Å². The Labute approximate surface area is 178 Å². The summed E-state index contributed by atoms with van der Waals surface area (Å²) in [6, 6.07) is 11.4. The van der Waals surface area contributed by atoms with Crippen molar-refractivity contribution in [2.45, 2.75) is 46.0 Å². The third kappa shape index (κ3) is 10.5. The highest BCUT2D eigenvalue weighted by Gasteiger charge is 2.15. The molecule has 0 heterocycles. The standard InChI is InChI=1S/C14H11NO3.C6H13NO2.C2H7B/c16-9-8-13(14(17)18)15-12-7-3-5-10-4-1-2-6-11(10)12;1-4(2)3-5(7)6(8)9;1-3-2/h1-8,13,15H,(H,17,18);4-5H,3,7H2,1-2H3,(H,8,9);3H,1-2H3/t13-;5-;/m00./s1. The fourth-order valence-corrected chi connectivity index (χ4v) is 2.37. The van der Waals surface area contributed by atoms with E-state index in [1.807, 2.05) is 50.2 Å². The Morgan fingerprint density at radius 1 is 1.10 bits per heavy atom. The van der Waals surface area contributed by atoms with Crippen molar-refractivity contribution < 1.29 is 24.6 Å². The quantitative estimate of drug-likeness (QED) is 0.405. The van der Waals surface area contributed by atoms with Gasteiger partial charge in [0.2, 0.25) is 0 Å². The topological polar surface area (TPSA) is 130 Å². The first kappa shape index (κ1) is 26.9. The molecule has 8 heteroatoms. The van der Waals surface area contributed by atoms with E-state index in [1.54, 1.807) is 6.07 Å². The molecule has 0 amide bonds. The number of carbonyl (C=O) groups is 2. The minimum absolute atomic E-state index is 0.357. The van der Waals surface area contributed by atoms with E-state index in [9.17, 15) is 14.4 Å². The summed E-state index contributed by atoms with van der Waals surface area (Å²) in [5, 5.41) is 22.0. The Balaban J connectivity index is 0.000000591. The first-order valence-electron chi connectivity index (χ1n) is 9.84. The van der Waals surface area contributed by atoms with E-state index in [0.717, 1.165) is 16.8 Å². The van der Waals surface area contributed by atoms with Crippen LogP contribution in [0.1, 0.15) is 20.3 Å². The van der Waals surface area contributed by atoms with Crippen molar-refractivity contribution in [3.63, 3.8) is 0 Å². The van der Waals surface area contributed by atoms with Gasteiger partial charge in [0.25, 0.3) is 0 Å². The lowest BCUT2D eigenvalue weighted by molar-refractivity contribution is -0.139. The smallest absolute Gasteiger partial charge is 0.330 e. The maximum atomic E-state index is 11.0. The fraction of sp³-hybridized carbons (Fsp3) is 0.364. The average molecular weight is 414 g/mol. The van der Waals surface area contributed by atoms with E-state index in [-0.39, 0.29) is 0 Å². The molecule has 7 nitrogen and oxygen atoms in total. The number of anilines is 1. The highest BCUT2D eigenvalue weighted by atomic mass is 16.4. The number of hydrogen-bond acceptors (Lipinski definition) is 5. The van der Waals surface area contributed by atoms with E-state index < -0.39 is 24.0 Å². The van der Waals surface area contributed by atoms with Crippen LogP contribution >= 0.6 is 0 Å². The summed E-state index contributed by atoms with van der Waals surface area (Å²) in [5.41, 5.74) is 5.89. The van der Waals surface area contributed by atoms with Gasteiger partial charge in [-0.05, 0) is 23.8 Å². The van der Waals surface area contributed by atoms with Crippen LogP contribution in [0.25, 0.3) is 10.8 Å². The number of fused-ring (bicyclic) bond motifs is 1. The molecule has 2 atom stereocenters. The molecule has 162 valence electrons. The number of aliphatic carboxylic acids is 2. The summed E-state index contributed by atoms with van der Waals surface area (Å²) in [5.74, 6) is -0.176. The van der Waals surface area contributed by atoms with Crippen molar-refractivity contribution in [3.8, 4) is 0 Å². The summed E-state index contributed by atoms with van der Waals surface area (Å²) >= 11 is 0. The zero-order valence-corrected chi connectivity index (χ0v) is 18.0. The second-order valence-corrected chi connectivity index (χ2v) is 7.05. The molecule has 2 rings (SSSR count). The molecule has 0 aliphatic heterocycles. The zero-order chi connectivity index (χ0) is 23.1. The molecule has 30 heavy (non-hydrogen) atoms. The van der Waals surface area contributed by atoms with Crippen molar-refractivity contribution >= 4 is 41.6 Å². The van der Waals surface area contributed by atoms with Gasteiger partial charge in [0.15, 0.2) is 6.04 Å². The monoisotopic (exact) mass is 414 g/mol. The summed E-state index contributed by atoms with van der Waals surface area (Å²) < 4.78 is 0. The van der Waals surface area contributed by atoms with Crippen LogP contribution in [0.2, 0.25) is 13.6 Å². The number of carboxylic acids is 2. The fourth-order valence-electron chi connectivity index (χ4n) is 2.37. The molecule has 0 saturated carbocycles. The molecular weight excluding hydrogens is 383 g/mol. The van der Waals surface area contributed by atoms with E-state index >= 15 is 0 Å². The number of hydrogen-bond donors (Lipinski definition) is 4. The zero-order valence-electron chi connectivity index (χ0n) is 18.0. The molecule has 5 N–H and O–H groups in total. The number of nitrogens with two attached hydrogens (primary N) is 1. The predicted octanol–water partition coefficient (Wildman–Crippen LogP) is 3.06. The number of nitrogens with one attached hydrogen (secondary N) is 1. The summed E-state index contributed by atoms with van der Waals surface area (Å²) in [4.78, 5) is 31.4. The van der Waals surface area contributed by atoms with Gasteiger partial charge < -0.3 is 21.3 Å². The first-order valence-corrected chi connectivity index (χ1v) is 9.84. The Morgan fingerprint density at radius 2 is 1.67 bits per heavy atom. The molecule has 0 fully saturated rings. The summed E-state index contributed by atoms with van der Waals surface area (Å²) in [6.07, 6.45) is 1.50. The molecule has 0 spiro atoms. The minimum atomic E-state index is -1.12. The maximum absolute atomic E-state index is 11.0. The minimum Gasteiger partial charge on any atom is -0.480 e. The van der Waals surface area contributed by atoms with Gasteiger partial charge in [-0.3, -0.25) is 4.79 Å². The number of carbonyl (C=O) groups excluding carboxylic acids is 1. The normalized spacial score (nSPS) is 11.5. The van der Waals surface area contributed by atoms with Gasteiger partial charge in [0.1, 0.15) is 19.3 Å². The highest BCUT2D eigenvalue weighted by Crippen LogP contribution is 2.23. The van der Waals surface area contributed by atoms with Crippen molar-refractivity contribution in [2.75, 3.05) is 5.32 Å². The number of rotatable bonds is 7. The maximum Gasteiger partial charge on any atom is 0.330 e. The van der Waals surface area contributed by atoms with E-state index in [1.165, 1.54) is 13.2 Å². The summed E-state index contributed by atoms with van der Waals surface area (Å²) in [6.45, 7) is 8.14. The van der Waals surface area contributed by atoms with E-state index in [0.29, 0.717) is 18.0 Å². The second kappa shape index (κ2) is 14.8. The lowest BCUT2D eigenvalue weighted by Gasteiger charge is -2.13. The van der Waals surface area contributed by atoms with Gasteiger partial charge in [0.05, 0.1) is 0 Å². The van der Waals surface area contributed by atoms with Crippen molar-refractivity contribution in [2.24, 2.45) is 11.7 Å². The van der Waals surface area contributed by atoms with Crippen LogP contribution in [0.4, 0.5) is 5.69 Å². The van der Waals surface area contributed by atoms with Crippen LogP contribution in [-0.2, 0) is 14.4 Å². The van der Waals surface area contributed by atoms with Crippen LogP contribution in [0, 0.1) is 5.92 Å². The van der Waals surface area contributed by atoms with Gasteiger partial charge >= 0.3 is 11.9 Å². The lowest BCUT2D eigenvalue weighted by Crippen LogP contribution is -2.31. The van der Waals surface area contributed by atoms with Crippen molar-refractivity contribution in [1.29, 1.82) is 0 Å². The Morgan fingerprint density at radius 3 is 2.13 bits per heavy atom. The number of carboxylic acid groups (broad SMARTS) is 2. The SMILES string of the molecule is CBC.CC(C)C[C@H](N)C(=O)O.O=C=C[C@H](Nc1cccc2ccccc12)C(=O)O. The first-order chi connectivity index (χ1) is 14.2. The molecule has 0 radical (unpaired) electrons. The Kier molecular flexibility index (Phi) is 13.3. The lowest BCUT2D eigenvalue weighted by atomic mass is 9.88. The summed E-state index contributed by atoms with van der Waals surface area (Å²) in [7, 11) is 1.25. The van der Waals surface area contributed by atoms with Crippen LogP contribution in [-0.4, -0.2) is 47.5 Å². The molecular formula is C22H31BN2O5. The van der Waals surface area contributed by atoms with E-state index in [4.69, 9.17) is 15.9 Å². The van der Waals surface area contributed by atoms with Crippen LogP contribution in [0.3, 0.4) is 0 Å². The second-order valence-electron chi connectivity index (χ2n) is 7.05. The van der Waals surface area contributed by atoms with Crippen molar-refractivity contribution in [3.05, 3.63) is 48.5 Å². The molecule has 0 aliphatic carbocycles. The third-order valence-electron chi connectivity index (χ3n) is 3.64. The molecule has 0 aliphatic rings. The van der Waals surface area contributed by atoms with Crippen LogP contribution in [0.5, 0.6) is 0 Å². The van der Waals surface area contributed by atoms with Gasteiger partial charge in [-0.1, -0.05) is 63.9 Å². The van der Waals surface area contributed by atoms with Gasteiger partial charge in [0, 0.05) is 17.1 Å². The third-order valence-corrected chi connectivity index (χ3v) is 3.64. The predicted molar refractivity (Wildman–Crippen MR) is 123 cm³/mol. The van der Waals surface area contributed by atoms with Crippen molar-refractivity contribution in [1.82, 2.24) is 0 Å². The van der Waals surface area contributed by atoms with Gasteiger partial charge in [-0.15, -0.1) is 0 Å². The molecule has 0 saturated heterocycles. The Hall–Kier alpha value is -3.09.